The molecule has 2 aromatic carbocycles. The van der Waals surface area contributed by atoms with E-state index in [1.165, 1.54) is 10.8 Å². The summed E-state index contributed by atoms with van der Waals surface area (Å²) in [5.41, 5.74) is 3.10. The van der Waals surface area contributed by atoms with Gasteiger partial charge in [0.2, 0.25) is 5.88 Å². The van der Waals surface area contributed by atoms with Gasteiger partial charge in [-0.15, -0.1) is 0 Å². The fraction of sp³-hybridized carbons (Fsp3) is 0.240. The first-order valence-electron chi connectivity index (χ1n) is 9.71. The van der Waals surface area contributed by atoms with Crippen LogP contribution < -0.4 is 4.74 Å². The van der Waals surface area contributed by atoms with Crippen LogP contribution in [0.5, 0.6) is 5.88 Å². The van der Waals surface area contributed by atoms with E-state index in [9.17, 15) is 4.39 Å². The second-order valence-electron chi connectivity index (χ2n) is 6.90. The maximum absolute atomic E-state index is 12.8. The van der Waals surface area contributed by atoms with Crippen LogP contribution in [0.25, 0.3) is 28.1 Å². The van der Waals surface area contributed by atoms with E-state index in [4.69, 9.17) is 4.74 Å². The number of rotatable bonds is 9. The number of hydrogen-bond donors (Lipinski definition) is 0. The number of alkyl halides is 1. The highest BCUT2D eigenvalue weighted by Crippen LogP contribution is 2.25. The van der Waals surface area contributed by atoms with Crippen LogP contribution in [0.2, 0.25) is 0 Å². The minimum absolute atomic E-state index is 0.442. The number of aromatic nitrogens is 1. The van der Waals surface area contributed by atoms with Crippen molar-refractivity contribution >= 4 is 16.8 Å². The lowest BCUT2D eigenvalue weighted by atomic mass is 10.0. The van der Waals surface area contributed by atoms with Crippen LogP contribution in [0.4, 0.5) is 4.39 Å². The summed E-state index contributed by atoms with van der Waals surface area (Å²) < 4.78 is 18.3. The molecule has 28 heavy (non-hydrogen) atoms. The monoisotopic (exact) mass is 375 g/mol. The van der Waals surface area contributed by atoms with Crippen molar-refractivity contribution in [2.75, 3.05) is 6.61 Å². The smallest absolute Gasteiger partial charge is 0.214 e. The van der Waals surface area contributed by atoms with E-state index in [2.05, 4.69) is 60.1 Å². The van der Waals surface area contributed by atoms with Gasteiger partial charge >= 0.3 is 0 Å². The van der Waals surface area contributed by atoms with Crippen molar-refractivity contribution in [1.82, 2.24) is 4.98 Å². The first-order valence-corrected chi connectivity index (χ1v) is 9.71. The molecule has 0 amide bonds. The van der Waals surface area contributed by atoms with Crippen molar-refractivity contribution in [3.8, 4) is 17.1 Å². The van der Waals surface area contributed by atoms with Crippen LogP contribution in [0, 0.1) is 0 Å². The Hall–Kier alpha value is -2.94. The van der Waals surface area contributed by atoms with E-state index in [1.54, 1.807) is 13.0 Å². The van der Waals surface area contributed by atoms with Gasteiger partial charge in [0.1, 0.15) is 6.61 Å². The van der Waals surface area contributed by atoms with Crippen LogP contribution in [0.1, 0.15) is 31.7 Å². The van der Waals surface area contributed by atoms with Crippen molar-refractivity contribution in [1.29, 1.82) is 0 Å². The molecule has 144 valence electrons. The Morgan fingerprint density at radius 2 is 1.93 bits per heavy atom. The van der Waals surface area contributed by atoms with Crippen molar-refractivity contribution < 1.29 is 9.13 Å². The molecule has 0 aliphatic rings. The molecule has 0 aliphatic carbocycles. The lowest BCUT2D eigenvalue weighted by Crippen LogP contribution is -1.96. The van der Waals surface area contributed by atoms with Gasteiger partial charge in [0.25, 0.3) is 0 Å². The molecule has 0 radical (unpaired) electrons. The summed E-state index contributed by atoms with van der Waals surface area (Å²) in [7, 11) is 0. The van der Waals surface area contributed by atoms with Crippen molar-refractivity contribution in [2.24, 2.45) is 0 Å². The lowest BCUT2D eigenvalue weighted by molar-refractivity contribution is 0.335. The highest BCUT2D eigenvalue weighted by atomic mass is 19.1. The first kappa shape index (κ1) is 19.8. The number of nitrogens with zero attached hydrogens (tertiary/aromatic N) is 1. The molecule has 0 saturated heterocycles. The molecule has 1 atom stereocenters. The lowest BCUT2D eigenvalue weighted by Gasteiger charge is -2.07. The molecule has 3 heteroatoms. The maximum Gasteiger partial charge on any atom is 0.214 e. The molecule has 0 bridgehead atoms. The molecule has 0 aliphatic heterocycles. The van der Waals surface area contributed by atoms with E-state index in [-0.39, 0.29) is 0 Å². The molecular weight excluding hydrogens is 349 g/mol. The summed E-state index contributed by atoms with van der Waals surface area (Å²) in [5, 5.41) is 2.35. The minimum Gasteiger partial charge on any atom is -0.473 e. The van der Waals surface area contributed by atoms with E-state index < -0.39 is 6.17 Å². The van der Waals surface area contributed by atoms with E-state index >= 15 is 0 Å². The summed E-state index contributed by atoms with van der Waals surface area (Å²) in [6.07, 6.45) is 7.63. The van der Waals surface area contributed by atoms with Gasteiger partial charge in [-0.2, -0.15) is 0 Å². The Morgan fingerprint density at radius 1 is 1.11 bits per heavy atom. The zero-order valence-electron chi connectivity index (χ0n) is 16.3. The van der Waals surface area contributed by atoms with Gasteiger partial charge < -0.3 is 4.74 Å². The number of unbranched alkanes of at least 4 members (excludes halogenated alkanes) is 1. The van der Waals surface area contributed by atoms with Crippen LogP contribution in [0.3, 0.4) is 0 Å². The summed E-state index contributed by atoms with van der Waals surface area (Å²) in [5.74, 6) is 0.597. The minimum atomic E-state index is -0.716. The highest BCUT2D eigenvalue weighted by Gasteiger charge is 2.04. The third-order valence-corrected chi connectivity index (χ3v) is 4.52. The largest absolute Gasteiger partial charge is 0.473 e. The summed E-state index contributed by atoms with van der Waals surface area (Å²) in [6, 6.07) is 18.5. The normalized spacial score (nSPS) is 12.4. The Kier molecular flexibility index (Phi) is 6.96. The number of halogens is 1. The van der Waals surface area contributed by atoms with Crippen LogP contribution in [0.15, 0.2) is 73.3 Å². The molecule has 0 spiro atoms. The first-order chi connectivity index (χ1) is 13.7. The van der Waals surface area contributed by atoms with Crippen molar-refractivity contribution in [3.05, 3.63) is 78.9 Å². The Morgan fingerprint density at radius 3 is 2.75 bits per heavy atom. The Balaban J connectivity index is 1.74. The molecule has 3 rings (SSSR count). The third-order valence-electron chi connectivity index (χ3n) is 4.52. The van der Waals surface area contributed by atoms with E-state index in [1.807, 2.05) is 18.2 Å². The van der Waals surface area contributed by atoms with Crippen LogP contribution in [-0.2, 0) is 0 Å². The molecule has 0 N–H and O–H groups in total. The molecular formula is C25H26FNO. The van der Waals surface area contributed by atoms with Gasteiger partial charge in [-0.25, -0.2) is 9.37 Å². The predicted molar refractivity (Wildman–Crippen MR) is 116 cm³/mol. The fourth-order valence-corrected chi connectivity index (χ4v) is 3.06. The van der Waals surface area contributed by atoms with E-state index in [0.717, 1.165) is 29.7 Å². The molecule has 1 unspecified atom stereocenters. The van der Waals surface area contributed by atoms with Gasteiger partial charge in [-0.3, -0.25) is 0 Å². The fourth-order valence-electron chi connectivity index (χ4n) is 3.06. The summed E-state index contributed by atoms with van der Waals surface area (Å²) in [6.45, 7) is 5.71. The second-order valence-corrected chi connectivity index (χ2v) is 6.90. The quantitative estimate of drug-likeness (QED) is 0.296. The average molecular weight is 375 g/mol. The van der Waals surface area contributed by atoms with Gasteiger partial charge in [0.05, 0.1) is 11.9 Å². The van der Waals surface area contributed by atoms with Crippen molar-refractivity contribution in [3.63, 3.8) is 0 Å². The number of benzene rings is 2. The number of pyridine rings is 1. The predicted octanol–water partition coefficient (Wildman–Crippen LogP) is 7.01. The topological polar surface area (TPSA) is 22.1 Å². The summed E-state index contributed by atoms with van der Waals surface area (Å²) >= 11 is 0. The number of allylic oxidation sites excluding steroid dienone is 1. The second kappa shape index (κ2) is 9.84. The molecule has 0 saturated carbocycles. The van der Waals surface area contributed by atoms with Crippen LogP contribution >= 0.6 is 0 Å². The highest BCUT2D eigenvalue weighted by molar-refractivity contribution is 5.88. The Bertz CT molecular complexity index is 962. The average Bonchev–Trinajstić information content (AvgIpc) is 2.71. The molecule has 3 aromatic rings. The van der Waals surface area contributed by atoms with Gasteiger partial charge in [0, 0.05) is 11.6 Å². The third kappa shape index (κ3) is 5.53. The number of ether oxygens (including phenoxy) is 1. The number of fused-ring (bicyclic) bond motifs is 1. The molecule has 1 aromatic heterocycles. The zero-order chi connectivity index (χ0) is 19.8. The van der Waals surface area contributed by atoms with Gasteiger partial charge in [0.15, 0.2) is 0 Å². The van der Waals surface area contributed by atoms with Crippen LogP contribution in [-0.4, -0.2) is 17.8 Å². The summed E-state index contributed by atoms with van der Waals surface area (Å²) in [4.78, 5) is 4.57. The SMILES string of the molecule is C=CCOc1cccc(-c2ccc3cc(C=CCCCC(C)F)ccc3c2)n1. The standard InChI is InChI=1S/C25H26FNO/c1-3-16-28-25-11-7-10-24(27-25)23-15-14-21-17-20(12-13-22(21)18-23)9-6-4-5-8-19(2)26/h3,6-7,9-15,17-19H,1,4-5,8,16H2,2H3. The molecule has 2 nitrogen and oxygen atoms in total. The van der Waals surface area contributed by atoms with Gasteiger partial charge in [-0.05, 0) is 60.7 Å². The maximum atomic E-state index is 12.8. The zero-order valence-corrected chi connectivity index (χ0v) is 16.3. The number of hydrogen-bond acceptors (Lipinski definition) is 2. The Labute approximate surface area is 166 Å². The van der Waals surface area contributed by atoms with Gasteiger partial charge in [-0.1, -0.05) is 55.1 Å². The van der Waals surface area contributed by atoms with Crippen molar-refractivity contribution in [2.45, 2.75) is 32.4 Å². The molecule has 1 heterocycles. The van der Waals surface area contributed by atoms with E-state index in [0.29, 0.717) is 18.9 Å². The molecule has 0 fully saturated rings.